The van der Waals surface area contributed by atoms with E-state index in [0.717, 1.165) is 14.9 Å². The van der Waals surface area contributed by atoms with Crippen LogP contribution >= 0.6 is 34.7 Å². The lowest BCUT2D eigenvalue weighted by Crippen LogP contribution is -2.45. The minimum atomic E-state index is -3.69. The van der Waals surface area contributed by atoms with Gasteiger partial charge in [0.2, 0.25) is 21.1 Å². The van der Waals surface area contributed by atoms with Crippen LogP contribution in [0.4, 0.5) is 10.8 Å². The van der Waals surface area contributed by atoms with Crippen molar-refractivity contribution in [1.29, 1.82) is 0 Å². The van der Waals surface area contributed by atoms with Gasteiger partial charge in [-0.25, -0.2) is 8.42 Å². The second-order valence-electron chi connectivity index (χ2n) is 5.74. The zero-order valence-electron chi connectivity index (χ0n) is 14.6. The van der Waals surface area contributed by atoms with Crippen LogP contribution in [0.5, 0.6) is 0 Å². The summed E-state index contributed by atoms with van der Waals surface area (Å²) < 4.78 is 26.2. The Kier molecular flexibility index (Phi) is 6.89. The summed E-state index contributed by atoms with van der Waals surface area (Å²) in [6.07, 6.45) is 1.05. The monoisotopic (exact) mass is 434 g/mol. The Morgan fingerprint density at radius 3 is 2.38 bits per heavy atom. The molecule has 1 atom stereocenters. The molecule has 1 N–H and O–H groups in total. The third-order valence-electron chi connectivity index (χ3n) is 3.14. The molecule has 1 amide bonds. The van der Waals surface area contributed by atoms with Crippen LogP contribution < -0.4 is 9.62 Å². The van der Waals surface area contributed by atoms with E-state index in [9.17, 15) is 13.2 Å². The molecular weight excluding hydrogens is 416 g/mol. The van der Waals surface area contributed by atoms with Gasteiger partial charge in [-0.2, -0.15) is 0 Å². The number of thioether (sulfide) groups is 1. The van der Waals surface area contributed by atoms with Crippen LogP contribution in [0.15, 0.2) is 28.6 Å². The van der Waals surface area contributed by atoms with Crippen LogP contribution in [0.3, 0.4) is 0 Å². The molecule has 142 valence electrons. The topological polar surface area (TPSA) is 92.3 Å². The number of nitrogens with one attached hydrogen (secondary N) is 1. The average molecular weight is 435 g/mol. The van der Waals surface area contributed by atoms with Gasteiger partial charge in [0.05, 0.1) is 11.9 Å². The molecule has 1 heterocycles. The van der Waals surface area contributed by atoms with E-state index in [1.807, 2.05) is 13.8 Å². The number of hydrogen-bond donors (Lipinski definition) is 1. The summed E-state index contributed by atoms with van der Waals surface area (Å²) in [6.45, 7) is 5.57. The second kappa shape index (κ2) is 8.55. The van der Waals surface area contributed by atoms with Gasteiger partial charge in [0.25, 0.3) is 0 Å². The third-order valence-corrected chi connectivity index (χ3v) is 6.56. The summed E-state index contributed by atoms with van der Waals surface area (Å²) in [5, 5.41) is 11.7. The fourth-order valence-corrected chi connectivity index (χ4v) is 5.40. The highest BCUT2D eigenvalue weighted by atomic mass is 35.5. The Morgan fingerprint density at radius 1 is 1.23 bits per heavy atom. The average Bonchev–Trinajstić information content (AvgIpc) is 2.94. The molecule has 1 aromatic carbocycles. The van der Waals surface area contributed by atoms with E-state index in [0.29, 0.717) is 21.1 Å². The minimum Gasteiger partial charge on any atom is -0.299 e. The first kappa shape index (κ1) is 20.9. The predicted octanol–water partition coefficient (Wildman–Crippen LogP) is 3.49. The Bertz CT molecular complexity index is 869. The predicted molar refractivity (Wildman–Crippen MR) is 108 cm³/mol. The van der Waals surface area contributed by atoms with Crippen molar-refractivity contribution in [2.75, 3.05) is 15.9 Å². The van der Waals surface area contributed by atoms with Gasteiger partial charge in [-0.1, -0.05) is 48.5 Å². The van der Waals surface area contributed by atoms with Crippen LogP contribution in [0, 0.1) is 0 Å². The Labute approximate surface area is 166 Å². The summed E-state index contributed by atoms with van der Waals surface area (Å²) in [6, 6.07) is 5.27. The molecule has 26 heavy (non-hydrogen) atoms. The maximum atomic E-state index is 12.6. The van der Waals surface area contributed by atoms with E-state index in [1.165, 1.54) is 30.0 Å². The molecule has 0 aliphatic carbocycles. The highest BCUT2D eigenvalue weighted by Gasteiger charge is 2.29. The molecule has 1 aromatic heterocycles. The normalized spacial score (nSPS) is 12.8. The molecule has 7 nitrogen and oxygen atoms in total. The van der Waals surface area contributed by atoms with Crippen LogP contribution in [0.2, 0.25) is 5.02 Å². The number of carbonyl (C=O) groups excluding carboxylic acids is 1. The number of aromatic nitrogens is 2. The second-order valence-corrected chi connectivity index (χ2v) is 10.8. The zero-order valence-corrected chi connectivity index (χ0v) is 17.8. The molecule has 0 unspecified atom stereocenters. The largest absolute Gasteiger partial charge is 0.299 e. The number of hydrogen-bond acceptors (Lipinski definition) is 7. The number of rotatable bonds is 7. The number of carbonyl (C=O) groups is 1. The number of halogens is 1. The lowest BCUT2D eigenvalue weighted by molar-refractivity contribution is -0.116. The molecule has 0 saturated carbocycles. The number of nitrogens with zero attached hydrogens (tertiary/aromatic N) is 3. The van der Waals surface area contributed by atoms with Gasteiger partial charge in [-0.3, -0.25) is 14.4 Å². The number of amides is 1. The lowest BCUT2D eigenvalue weighted by Gasteiger charge is -2.27. The molecule has 0 radical (unpaired) electrons. The van der Waals surface area contributed by atoms with Gasteiger partial charge < -0.3 is 0 Å². The van der Waals surface area contributed by atoms with Crippen LogP contribution in [0.1, 0.15) is 20.8 Å². The van der Waals surface area contributed by atoms with Gasteiger partial charge >= 0.3 is 0 Å². The number of anilines is 2. The molecular formula is C15H19ClN4O3S3. The van der Waals surface area contributed by atoms with E-state index >= 15 is 0 Å². The van der Waals surface area contributed by atoms with Crippen molar-refractivity contribution in [1.82, 2.24) is 10.2 Å². The molecule has 0 aliphatic rings. The van der Waals surface area contributed by atoms with Gasteiger partial charge in [0, 0.05) is 10.3 Å². The molecule has 2 aromatic rings. The Hall–Kier alpha value is -1.36. The highest BCUT2D eigenvalue weighted by molar-refractivity contribution is 8.01. The summed E-state index contributed by atoms with van der Waals surface area (Å²) >= 11 is 8.64. The fraction of sp³-hybridized carbons (Fsp3) is 0.400. The first-order chi connectivity index (χ1) is 12.1. The van der Waals surface area contributed by atoms with Crippen molar-refractivity contribution in [3.63, 3.8) is 0 Å². The van der Waals surface area contributed by atoms with E-state index in [4.69, 9.17) is 11.6 Å². The minimum absolute atomic E-state index is 0.328. The van der Waals surface area contributed by atoms with E-state index in [2.05, 4.69) is 15.5 Å². The molecule has 0 spiro atoms. The van der Waals surface area contributed by atoms with Crippen molar-refractivity contribution in [2.45, 2.75) is 36.4 Å². The van der Waals surface area contributed by atoms with E-state index in [-0.39, 0.29) is 0 Å². The quantitative estimate of drug-likeness (QED) is 0.529. The van der Waals surface area contributed by atoms with E-state index < -0.39 is 22.0 Å². The molecule has 0 fully saturated rings. The molecule has 0 aliphatic heterocycles. The van der Waals surface area contributed by atoms with Gasteiger partial charge in [-0.15, -0.1) is 10.2 Å². The maximum Gasteiger partial charge on any atom is 0.249 e. The standard InChI is InChI=1S/C15H19ClN4O3S3/c1-9(2)24-15-19-18-14(25-15)17-13(21)10(3)20(26(4,22)23)12-7-5-11(16)6-8-12/h5-10H,1-4H3,(H,17,18,21)/t10-/m1/s1. The Balaban J connectivity index is 2.19. The molecule has 11 heteroatoms. The van der Waals surface area contributed by atoms with Crippen molar-refractivity contribution >= 4 is 61.4 Å². The first-order valence-electron chi connectivity index (χ1n) is 7.64. The first-order valence-corrected chi connectivity index (χ1v) is 11.6. The van der Waals surface area contributed by atoms with Crippen LogP contribution in [0.25, 0.3) is 0 Å². The van der Waals surface area contributed by atoms with Crippen molar-refractivity contribution in [3.05, 3.63) is 29.3 Å². The molecule has 0 bridgehead atoms. The van der Waals surface area contributed by atoms with Crippen LogP contribution in [-0.4, -0.2) is 42.1 Å². The summed E-state index contributed by atoms with van der Waals surface area (Å²) in [5.41, 5.74) is 0.355. The maximum absolute atomic E-state index is 12.6. The van der Waals surface area contributed by atoms with Crippen molar-refractivity contribution < 1.29 is 13.2 Å². The zero-order chi connectivity index (χ0) is 19.5. The van der Waals surface area contributed by atoms with Gasteiger partial charge in [-0.05, 0) is 31.2 Å². The van der Waals surface area contributed by atoms with Crippen molar-refractivity contribution in [3.8, 4) is 0 Å². The summed E-state index contributed by atoms with van der Waals surface area (Å²) in [7, 11) is -3.69. The third kappa shape index (κ3) is 5.57. The summed E-state index contributed by atoms with van der Waals surface area (Å²) in [5.74, 6) is -0.498. The number of benzene rings is 1. The number of sulfonamides is 1. The Morgan fingerprint density at radius 2 is 1.85 bits per heavy atom. The molecule has 2 rings (SSSR count). The summed E-state index contributed by atoms with van der Waals surface area (Å²) in [4.78, 5) is 12.6. The molecule has 0 saturated heterocycles. The van der Waals surface area contributed by atoms with Crippen molar-refractivity contribution in [2.24, 2.45) is 0 Å². The SMILES string of the molecule is CC(C)Sc1nnc(NC(=O)[C@@H](C)N(c2ccc(Cl)cc2)S(C)(=O)=O)s1. The van der Waals surface area contributed by atoms with Gasteiger partial charge in [0.1, 0.15) is 6.04 Å². The van der Waals surface area contributed by atoms with E-state index in [1.54, 1.807) is 24.3 Å². The fourth-order valence-electron chi connectivity index (χ4n) is 2.12. The highest BCUT2D eigenvalue weighted by Crippen LogP contribution is 2.29. The smallest absolute Gasteiger partial charge is 0.249 e. The lowest BCUT2D eigenvalue weighted by atomic mass is 10.2. The van der Waals surface area contributed by atoms with Crippen LogP contribution in [-0.2, 0) is 14.8 Å². The van der Waals surface area contributed by atoms with Gasteiger partial charge in [0.15, 0.2) is 4.34 Å².